The number of pyridine rings is 1. The molecule has 88 valence electrons. The van der Waals surface area contributed by atoms with E-state index in [0.29, 0.717) is 0 Å². The van der Waals surface area contributed by atoms with Crippen molar-refractivity contribution in [3.8, 4) is 11.1 Å². The summed E-state index contributed by atoms with van der Waals surface area (Å²) in [7, 11) is 0. The molecule has 1 heteroatoms. The van der Waals surface area contributed by atoms with E-state index >= 15 is 0 Å². The fourth-order valence-corrected chi connectivity index (χ4v) is 2.38. The number of aromatic nitrogens is 1. The van der Waals surface area contributed by atoms with Crippen LogP contribution in [0.1, 0.15) is 11.1 Å². The summed E-state index contributed by atoms with van der Waals surface area (Å²) in [6.07, 6.45) is 1.83. The van der Waals surface area contributed by atoms with Crippen LogP contribution in [-0.2, 0) is 0 Å². The van der Waals surface area contributed by atoms with Crippen molar-refractivity contribution in [1.29, 1.82) is 0 Å². The second kappa shape index (κ2) is 4.26. The van der Waals surface area contributed by atoms with Crippen LogP contribution in [0.25, 0.3) is 22.0 Å². The third-order valence-electron chi connectivity index (χ3n) is 3.30. The van der Waals surface area contributed by atoms with Gasteiger partial charge < -0.3 is 0 Å². The largest absolute Gasteiger partial charge is 0.256 e. The van der Waals surface area contributed by atoms with Crippen molar-refractivity contribution in [3.05, 3.63) is 65.9 Å². The van der Waals surface area contributed by atoms with Gasteiger partial charge in [-0.15, -0.1) is 0 Å². The van der Waals surface area contributed by atoms with Gasteiger partial charge in [-0.25, -0.2) is 0 Å². The molecule has 1 nitrogen and oxygen atoms in total. The molecule has 1 aromatic heterocycles. The van der Waals surface area contributed by atoms with E-state index in [1.807, 2.05) is 12.3 Å². The first-order valence-corrected chi connectivity index (χ1v) is 6.16. The Kier molecular flexibility index (Phi) is 2.60. The fourth-order valence-electron chi connectivity index (χ4n) is 2.38. The molecule has 0 atom stereocenters. The molecule has 0 aliphatic heterocycles. The van der Waals surface area contributed by atoms with Crippen LogP contribution in [0.5, 0.6) is 0 Å². The molecule has 1 heterocycles. The molecule has 3 rings (SSSR count). The van der Waals surface area contributed by atoms with Crippen molar-refractivity contribution in [2.45, 2.75) is 13.8 Å². The van der Waals surface area contributed by atoms with Crippen LogP contribution in [-0.4, -0.2) is 4.98 Å². The van der Waals surface area contributed by atoms with E-state index in [9.17, 15) is 0 Å². The molecule has 0 aliphatic carbocycles. The summed E-state index contributed by atoms with van der Waals surface area (Å²) in [6, 6.07) is 17.1. The Bertz CT molecular complexity index is 714. The number of nitrogens with zero attached hydrogens (tertiary/aromatic N) is 1. The highest BCUT2D eigenvalue weighted by Crippen LogP contribution is 2.26. The van der Waals surface area contributed by atoms with Gasteiger partial charge in [0, 0.05) is 11.6 Å². The average Bonchev–Trinajstić information content (AvgIpc) is 2.38. The maximum Gasteiger partial charge on any atom is 0.0702 e. The molecular formula is C17H15N. The fraction of sp³-hybridized carbons (Fsp3) is 0.118. The first-order valence-electron chi connectivity index (χ1n) is 6.16. The smallest absolute Gasteiger partial charge is 0.0702 e. The van der Waals surface area contributed by atoms with Crippen molar-refractivity contribution in [2.24, 2.45) is 0 Å². The van der Waals surface area contributed by atoms with Crippen molar-refractivity contribution in [2.75, 3.05) is 0 Å². The standard InChI is InChI=1S/C17H15N/c1-12-5-7-16(13(2)10-12)14-6-8-17-15(11-14)4-3-9-18-17/h3-11H,1-2H3. The van der Waals surface area contributed by atoms with Gasteiger partial charge >= 0.3 is 0 Å². The van der Waals surface area contributed by atoms with E-state index in [-0.39, 0.29) is 0 Å². The molecule has 0 radical (unpaired) electrons. The molecule has 0 spiro atoms. The van der Waals surface area contributed by atoms with Gasteiger partial charge in [-0.05, 0) is 48.7 Å². The van der Waals surface area contributed by atoms with Crippen molar-refractivity contribution >= 4 is 10.9 Å². The molecule has 18 heavy (non-hydrogen) atoms. The van der Waals surface area contributed by atoms with E-state index in [2.05, 4.69) is 61.3 Å². The van der Waals surface area contributed by atoms with Crippen molar-refractivity contribution in [1.82, 2.24) is 4.98 Å². The highest BCUT2D eigenvalue weighted by Gasteiger charge is 2.03. The number of aryl methyl sites for hydroxylation is 2. The SMILES string of the molecule is Cc1ccc(-c2ccc3ncccc3c2)c(C)c1. The number of fused-ring (bicyclic) bond motifs is 1. The van der Waals surface area contributed by atoms with Gasteiger partial charge in [0.25, 0.3) is 0 Å². The number of benzene rings is 2. The third-order valence-corrected chi connectivity index (χ3v) is 3.30. The second-order valence-electron chi connectivity index (χ2n) is 4.73. The van der Waals surface area contributed by atoms with E-state index in [1.165, 1.54) is 27.6 Å². The lowest BCUT2D eigenvalue weighted by molar-refractivity contribution is 1.38. The summed E-state index contributed by atoms with van der Waals surface area (Å²) in [5.41, 5.74) is 6.22. The normalized spacial score (nSPS) is 10.8. The summed E-state index contributed by atoms with van der Waals surface area (Å²) in [5, 5.41) is 1.19. The first-order chi connectivity index (χ1) is 8.74. The van der Waals surface area contributed by atoms with Gasteiger partial charge in [0.15, 0.2) is 0 Å². The quantitative estimate of drug-likeness (QED) is 0.602. The molecule has 2 aromatic carbocycles. The predicted molar refractivity (Wildman–Crippen MR) is 76.7 cm³/mol. The molecule has 0 amide bonds. The molecule has 0 fully saturated rings. The van der Waals surface area contributed by atoms with Crippen LogP contribution in [0, 0.1) is 13.8 Å². The highest BCUT2D eigenvalue weighted by atomic mass is 14.6. The summed E-state index contributed by atoms with van der Waals surface area (Å²) in [4.78, 5) is 4.35. The monoisotopic (exact) mass is 233 g/mol. The van der Waals surface area contributed by atoms with Gasteiger partial charge in [-0.3, -0.25) is 4.98 Å². The van der Waals surface area contributed by atoms with Gasteiger partial charge in [-0.1, -0.05) is 35.9 Å². The lowest BCUT2D eigenvalue weighted by atomic mass is 9.97. The minimum Gasteiger partial charge on any atom is -0.256 e. The van der Waals surface area contributed by atoms with Crippen LogP contribution < -0.4 is 0 Å². The Morgan fingerprint density at radius 3 is 2.61 bits per heavy atom. The summed E-state index contributed by atoms with van der Waals surface area (Å²) in [6.45, 7) is 4.29. The summed E-state index contributed by atoms with van der Waals surface area (Å²) < 4.78 is 0. The lowest BCUT2D eigenvalue weighted by Gasteiger charge is -2.08. The number of rotatable bonds is 1. The van der Waals surface area contributed by atoms with Gasteiger partial charge in [0.05, 0.1) is 5.52 Å². The number of hydrogen-bond acceptors (Lipinski definition) is 1. The van der Waals surface area contributed by atoms with Crippen molar-refractivity contribution < 1.29 is 0 Å². The van der Waals surface area contributed by atoms with E-state index in [1.54, 1.807) is 0 Å². The predicted octanol–water partition coefficient (Wildman–Crippen LogP) is 4.52. The Morgan fingerprint density at radius 1 is 0.889 bits per heavy atom. The lowest BCUT2D eigenvalue weighted by Crippen LogP contribution is -1.85. The van der Waals surface area contributed by atoms with Gasteiger partial charge in [0.1, 0.15) is 0 Å². The minimum atomic E-state index is 1.05. The van der Waals surface area contributed by atoms with Crippen LogP contribution >= 0.6 is 0 Å². The minimum absolute atomic E-state index is 1.05. The van der Waals surface area contributed by atoms with Crippen molar-refractivity contribution in [3.63, 3.8) is 0 Å². The zero-order chi connectivity index (χ0) is 12.5. The molecule has 0 saturated carbocycles. The topological polar surface area (TPSA) is 12.9 Å². The van der Waals surface area contributed by atoms with Crippen LogP contribution in [0.3, 0.4) is 0 Å². The Hall–Kier alpha value is -2.15. The van der Waals surface area contributed by atoms with Gasteiger partial charge in [-0.2, -0.15) is 0 Å². The zero-order valence-electron chi connectivity index (χ0n) is 10.6. The Balaban J connectivity index is 2.19. The van der Waals surface area contributed by atoms with Crippen LogP contribution in [0.4, 0.5) is 0 Å². The molecular weight excluding hydrogens is 218 g/mol. The van der Waals surface area contributed by atoms with Crippen LogP contribution in [0.2, 0.25) is 0 Å². The highest BCUT2D eigenvalue weighted by molar-refractivity contribution is 5.84. The Labute approximate surface area is 107 Å². The van der Waals surface area contributed by atoms with E-state index < -0.39 is 0 Å². The van der Waals surface area contributed by atoms with Gasteiger partial charge in [0.2, 0.25) is 0 Å². The first kappa shape index (κ1) is 11.0. The molecule has 3 aromatic rings. The molecule has 0 saturated heterocycles. The van der Waals surface area contributed by atoms with Crippen LogP contribution in [0.15, 0.2) is 54.7 Å². The van der Waals surface area contributed by atoms with E-state index in [4.69, 9.17) is 0 Å². The summed E-state index contributed by atoms with van der Waals surface area (Å²) >= 11 is 0. The molecule has 0 aliphatic rings. The molecule has 0 bridgehead atoms. The second-order valence-corrected chi connectivity index (χ2v) is 4.73. The zero-order valence-corrected chi connectivity index (χ0v) is 10.6. The molecule has 0 unspecified atom stereocenters. The maximum absolute atomic E-state index is 4.35. The summed E-state index contributed by atoms with van der Waals surface area (Å²) in [5.74, 6) is 0. The van der Waals surface area contributed by atoms with E-state index in [0.717, 1.165) is 5.52 Å². The number of hydrogen-bond donors (Lipinski definition) is 0. The maximum atomic E-state index is 4.35. The molecule has 0 N–H and O–H groups in total. The third kappa shape index (κ3) is 1.88. The Morgan fingerprint density at radius 2 is 1.78 bits per heavy atom. The average molecular weight is 233 g/mol.